The highest BCUT2D eigenvalue weighted by atomic mass is 16.5. The van der Waals surface area contributed by atoms with Gasteiger partial charge in [-0.15, -0.1) is 0 Å². The molecule has 1 aromatic carbocycles. The van der Waals surface area contributed by atoms with E-state index in [1.165, 1.54) is 0 Å². The summed E-state index contributed by atoms with van der Waals surface area (Å²) in [6.07, 6.45) is 0.722. The van der Waals surface area contributed by atoms with Crippen LogP contribution in [-0.4, -0.2) is 21.6 Å². The summed E-state index contributed by atoms with van der Waals surface area (Å²) in [6, 6.07) is 7.52. The van der Waals surface area contributed by atoms with Gasteiger partial charge in [-0.05, 0) is 25.5 Å². The van der Waals surface area contributed by atoms with Crippen molar-refractivity contribution in [2.45, 2.75) is 32.9 Å². The van der Waals surface area contributed by atoms with Gasteiger partial charge in [-0.2, -0.15) is 0 Å². The molecule has 1 unspecified atom stereocenters. The number of imidazole rings is 1. The second-order valence-electron chi connectivity index (χ2n) is 4.25. The number of benzene rings is 1. The molecule has 0 aliphatic rings. The Morgan fingerprint density at radius 2 is 2.22 bits per heavy atom. The lowest BCUT2D eigenvalue weighted by Gasteiger charge is -2.12. The van der Waals surface area contributed by atoms with Gasteiger partial charge in [0.25, 0.3) is 0 Å². The third-order valence-corrected chi connectivity index (χ3v) is 2.88. The fourth-order valence-corrected chi connectivity index (χ4v) is 1.73. The minimum absolute atomic E-state index is 0.0755. The van der Waals surface area contributed by atoms with E-state index in [0.29, 0.717) is 5.95 Å². The van der Waals surface area contributed by atoms with Crippen LogP contribution in [0.25, 0.3) is 11.0 Å². The summed E-state index contributed by atoms with van der Waals surface area (Å²) in [7, 11) is 0. The molecule has 2 rings (SSSR count). The molecule has 0 saturated heterocycles. The predicted octanol–water partition coefficient (Wildman–Crippen LogP) is 1.96. The van der Waals surface area contributed by atoms with Crippen molar-refractivity contribution in [1.82, 2.24) is 9.55 Å². The van der Waals surface area contributed by atoms with Gasteiger partial charge in [-0.3, -0.25) is 9.36 Å². The number of fused-ring (bicyclic) bond motifs is 1. The first-order valence-electron chi connectivity index (χ1n) is 6.02. The quantitative estimate of drug-likeness (QED) is 0.838. The minimum atomic E-state index is -0.292. The van der Waals surface area contributed by atoms with E-state index in [1.807, 2.05) is 38.1 Å². The number of nitrogens with zero attached hydrogens (tertiary/aromatic N) is 2. The van der Waals surface area contributed by atoms with E-state index in [0.717, 1.165) is 17.5 Å². The first kappa shape index (κ1) is 12.4. The number of hydrogen-bond acceptors (Lipinski definition) is 4. The van der Waals surface area contributed by atoms with Gasteiger partial charge >= 0.3 is 5.97 Å². The lowest BCUT2D eigenvalue weighted by molar-refractivity contribution is -0.148. The first-order chi connectivity index (χ1) is 8.61. The van der Waals surface area contributed by atoms with Gasteiger partial charge in [0.05, 0.1) is 17.1 Å². The Bertz CT molecular complexity index is 562. The van der Waals surface area contributed by atoms with Crippen LogP contribution >= 0.6 is 0 Å². The third kappa shape index (κ3) is 2.45. The third-order valence-electron chi connectivity index (χ3n) is 2.88. The Hall–Kier alpha value is -2.04. The van der Waals surface area contributed by atoms with Gasteiger partial charge in [0.1, 0.15) is 6.54 Å². The van der Waals surface area contributed by atoms with Gasteiger partial charge in [0.15, 0.2) is 0 Å². The summed E-state index contributed by atoms with van der Waals surface area (Å²) in [5.41, 5.74) is 7.44. The molecule has 96 valence electrons. The van der Waals surface area contributed by atoms with E-state index in [1.54, 1.807) is 4.57 Å². The molecule has 5 nitrogen and oxygen atoms in total. The smallest absolute Gasteiger partial charge is 0.326 e. The zero-order valence-corrected chi connectivity index (χ0v) is 10.6. The molecule has 0 spiro atoms. The monoisotopic (exact) mass is 247 g/mol. The number of anilines is 1. The van der Waals surface area contributed by atoms with Crippen LogP contribution in [0.2, 0.25) is 0 Å². The fourth-order valence-electron chi connectivity index (χ4n) is 1.73. The number of aromatic nitrogens is 2. The minimum Gasteiger partial charge on any atom is -0.461 e. The van der Waals surface area contributed by atoms with Crippen LogP contribution in [-0.2, 0) is 16.1 Å². The number of nitrogens with two attached hydrogens (primary N) is 1. The highest BCUT2D eigenvalue weighted by molar-refractivity contribution is 5.81. The van der Waals surface area contributed by atoms with Crippen molar-refractivity contribution >= 4 is 23.0 Å². The van der Waals surface area contributed by atoms with Crippen molar-refractivity contribution in [1.29, 1.82) is 0 Å². The van der Waals surface area contributed by atoms with E-state index < -0.39 is 0 Å². The summed E-state index contributed by atoms with van der Waals surface area (Å²) in [4.78, 5) is 15.9. The Morgan fingerprint density at radius 3 is 2.94 bits per heavy atom. The van der Waals surface area contributed by atoms with E-state index in [-0.39, 0.29) is 18.6 Å². The van der Waals surface area contributed by atoms with Crippen molar-refractivity contribution in [3.05, 3.63) is 24.3 Å². The van der Waals surface area contributed by atoms with Crippen molar-refractivity contribution in [2.24, 2.45) is 0 Å². The number of para-hydroxylation sites is 2. The largest absolute Gasteiger partial charge is 0.461 e. The SMILES string of the molecule is CCC(C)OC(=O)Cn1c(N)nc2ccccc21. The van der Waals surface area contributed by atoms with Crippen LogP contribution in [0.15, 0.2) is 24.3 Å². The van der Waals surface area contributed by atoms with E-state index in [9.17, 15) is 4.79 Å². The fraction of sp³-hybridized carbons (Fsp3) is 0.385. The molecular weight excluding hydrogens is 230 g/mol. The lowest BCUT2D eigenvalue weighted by atomic mass is 10.3. The molecule has 2 aromatic rings. The molecule has 0 amide bonds. The highest BCUT2D eigenvalue weighted by Gasteiger charge is 2.13. The van der Waals surface area contributed by atoms with E-state index in [2.05, 4.69) is 4.98 Å². The zero-order chi connectivity index (χ0) is 13.1. The summed E-state index contributed by atoms with van der Waals surface area (Å²) in [5, 5.41) is 0. The molecule has 1 atom stereocenters. The molecule has 5 heteroatoms. The number of carbonyl (C=O) groups is 1. The van der Waals surface area contributed by atoms with Crippen LogP contribution < -0.4 is 5.73 Å². The predicted molar refractivity (Wildman–Crippen MR) is 70.0 cm³/mol. The maximum absolute atomic E-state index is 11.7. The van der Waals surface area contributed by atoms with Gasteiger partial charge in [-0.25, -0.2) is 4.98 Å². The molecule has 0 fully saturated rings. The Kier molecular flexibility index (Phi) is 3.50. The molecule has 1 aromatic heterocycles. The summed E-state index contributed by atoms with van der Waals surface area (Å²) in [5.74, 6) is 0.0384. The average Bonchev–Trinajstić information content (AvgIpc) is 2.66. The number of nitrogen functional groups attached to an aromatic ring is 1. The molecular formula is C13H17N3O2. The molecule has 1 heterocycles. The summed E-state index contributed by atoms with van der Waals surface area (Å²) < 4.78 is 6.90. The van der Waals surface area contributed by atoms with E-state index >= 15 is 0 Å². The normalized spacial score (nSPS) is 12.6. The number of esters is 1. The maximum atomic E-state index is 11.7. The average molecular weight is 247 g/mol. The van der Waals surface area contributed by atoms with E-state index in [4.69, 9.17) is 10.5 Å². The van der Waals surface area contributed by atoms with Crippen LogP contribution in [0, 0.1) is 0 Å². The van der Waals surface area contributed by atoms with Crippen molar-refractivity contribution in [3.63, 3.8) is 0 Å². The second kappa shape index (κ2) is 5.08. The molecule has 0 aliphatic carbocycles. The first-order valence-corrected chi connectivity index (χ1v) is 6.02. The van der Waals surface area contributed by atoms with Crippen molar-refractivity contribution in [3.8, 4) is 0 Å². The number of hydrogen-bond donors (Lipinski definition) is 1. The molecule has 0 aliphatic heterocycles. The van der Waals surface area contributed by atoms with Gasteiger partial charge in [0, 0.05) is 0 Å². The van der Waals surface area contributed by atoms with Crippen LogP contribution in [0.1, 0.15) is 20.3 Å². The zero-order valence-electron chi connectivity index (χ0n) is 10.6. The van der Waals surface area contributed by atoms with Crippen LogP contribution in [0.4, 0.5) is 5.95 Å². The molecule has 0 radical (unpaired) electrons. The van der Waals surface area contributed by atoms with Crippen LogP contribution in [0.5, 0.6) is 0 Å². The highest BCUT2D eigenvalue weighted by Crippen LogP contribution is 2.17. The molecule has 18 heavy (non-hydrogen) atoms. The van der Waals surface area contributed by atoms with Gasteiger partial charge < -0.3 is 10.5 Å². The molecule has 0 bridgehead atoms. The van der Waals surface area contributed by atoms with Gasteiger partial charge in [-0.1, -0.05) is 19.1 Å². The summed E-state index contributed by atoms with van der Waals surface area (Å²) >= 11 is 0. The topological polar surface area (TPSA) is 70.1 Å². The molecule has 0 saturated carbocycles. The number of ether oxygens (including phenoxy) is 1. The standard InChI is InChI=1S/C13H17N3O2/c1-3-9(2)18-12(17)8-16-11-7-5-4-6-10(11)15-13(16)14/h4-7,9H,3,8H2,1-2H3,(H2,14,15). The Labute approximate surface area is 106 Å². The summed E-state index contributed by atoms with van der Waals surface area (Å²) in [6.45, 7) is 3.93. The number of carbonyl (C=O) groups excluding carboxylic acids is 1. The Balaban J connectivity index is 2.21. The number of rotatable bonds is 4. The van der Waals surface area contributed by atoms with Crippen molar-refractivity contribution < 1.29 is 9.53 Å². The second-order valence-corrected chi connectivity index (χ2v) is 4.25. The van der Waals surface area contributed by atoms with Gasteiger partial charge in [0.2, 0.25) is 5.95 Å². The Morgan fingerprint density at radius 1 is 1.50 bits per heavy atom. The maximum Gasteiger partial charge on any atom is 0.326 e. The molecule has 2 N–H and O–H groups in total. The lowest BCUT2D eigenvalue weighted by Crippen LogP contribution is -2.19. The van der Waals surface area contributed by atoms with Crippen molar-refractivity contribution in [2.75, 3.05) is 5.73 Å². The van der Waals surface area contributed by atoms with Crippen LogP contribution in [0.3, 0.4) is 0 Å².